The van der Waals surface area contributed by atoms with Crippen molar-refractivity contribution in [3.63, 3.8) is 0 Å². The minimum Gasteiger partial charge on any atom is -0.464 e. The van der Waals surface area contributed by atoms with E-state index in [0.29, 0.717) is 18.8 Å². The number of rotatable bonds is 7. The van der Waals surface area contributed by atoms with Crippen LogP contribution >= 0.6 is 11.8 Å². The van der Waals surface area contributed by atoms with Crippen molar-refractivity contribution in [3.05, 3.63) is 73.7 Å². The van der Waals surface area contributed by atoms with Gasteiger partial charge in [0.2, 0.25) is 0 Å². The quantitative estimate of drug-likeness (QED) is 0.483. The number of nitrogens with zero attached hydrogens (tertiary/aromatic N) is 1. The van der Waals surface area contributed by atoms with Crippen molar-refractivity contribution >= 4 is 34.7 Å². The molecule has 2 atom stereocenters. The van der Waals surface area contributed by atoms with E-state index >= 15 is 4.39 Å². The number of anilines is 3. The summed E-state index contributed by atoms with van der Waals surface area (Å²) in [5, 5.41) is 6.17. The molecule has 3 heterocycles. The summed E-state index contributed by atoms with van der Waals surface area (Å²) in [6.07, 6.45) is 3.82. The lowest BCUT2D eigenvalue weighted by molar-refractivity contribution is 0.0788. The van der Waals surface area contributed by atoms with E-state index in [1.54, 1.807) is 22.7 Å². The monoisotopic (exact) mass is 483 g/mol. The van der Waals surface area contributed by atoms with E-state index in [1.807, 2.05) is 19.1 Å². The third-order valence-electron chi connectivity index (χ3n) is 6.50. The molecule has 178 valence electrons. The van der Waals surface area contributed by atoms with Crippen LogP contribution in [0.15, 0.2) is 44.3 Å². The molecule has 3 aromatic rings. The molecule has 0 spiro atoms. The topological polar surface area (TPSA) is 91.6 Å². The standard InChI is InChI=1S/C25H26FN3O4S/c1-14-9-10-17(33-14)20(18-8-5-13-34-18)28-22-21(23(30)24(22)31)27-16-7-4-6-15(19(16)26)25(32)29-11-2-3-12-29/h4,6-7,9-10,18,20,27-28H,2-3,5,8,11-13H2,1H3. The fraction of sp³-hybridized carbons (Fsp3) is 0.400. The van der Waals surface area contributed by atoms with Crippen molar-refractivity contribution in [2.75, 3.05) is 29.5 Å². The zero-order chi connectivity index (χ0) is 23.8. The van der Waals surface area contributed by atoms with Gasteiger partial charge in [0.15, 0.2) is 5.82 Å². The number of hydrogen-bond acceptors (Lipinski definition) is 7. The largest absolute Gasteiger partial charge is 0.464 e. The van der Waals surface area contributed by atoms with Crippen LogP contribution in [0.5, 0.6) is 0 Å². The molecule has 2 fully saturated rings. The van der Waals surface area contributed by atoms with Crippen molar-refractivity contribution in [2.45, 2.75) is 43.9 Å². The number of amides is 1. The lowest BCUT2D eigenvalue weighted by atomic mass is 10.0. The van der Waals surface area contributed by atoms with Crippen LogP contribution in [0.1, 0.15) is 53.6 Å². The number of hydrogen-bond donors (Lipinski definition) is 2. The molecule has 0 bridgehead atoms. The van der Waals surface area contributed by atoms with Gasteiger partial charge < -0.3 is 20.0 Å². The average molecular weight is 484 g/mol. The second-order valence-corrected chi connectivity index (χ2v) is 10.2. The van der Waals surface area contributed by atoms with E-state index in [-0.39, 0.29) is 39.8 Å². The van der Waals surface area contributed by atoms with Crippen molar-refractivity contribution < 1.29 is 13.6 Å². The van der Waals surface area contributed by atoms with Gasteiger partial charge in [0, 0.05) is 18.3 Å². The van der Waals surface area contributed by atoms with E-state index in [1.165, 1.54) is 12.1 Å². The first kappa shape index (κ1) is 22.7. The maximum atomic E-state index is 15.3. The minimum atomic E-state index is -0.733. The van der Waals surface area contributed by atoms with Gasteiger partial charge in [-0.25, -0.2) is 4.39 Å². The van der Waals surface area contributed by atoms with Gasteiger partial charge in [-0.2, -0.15) is 11.8 Å². The molecule has 5 rings (SSSR count). The van der Waals surface area contributed by atoms with Crippen LogP contribution in [0.2, 0.25) is 0 Å². The van der Waals surface area contributed by atoms with Gasteiger partial charge in [-0.15, -0.1) is 0 Å². The Morgan fingerprint density at radius 2 is 1.88 bits per heavy atom. The fourth-order valence-electron chi connectivity index (χ4n) is 4.66. The molecule has 2 aliphatic heterocycles. The highest BCUT2D eigenvalue weighted by Gasteiger charge is 2.33. The normalized spacial score (nSPS) is 19.0. The highest BCUT2D eigenvalue weighted by molar-refractivity contribution is 8.00. The van der Waals surface area contributed by atoms with Gasteiger partial charge in [-0.3, -0.25) is 14.4 Å². The van der Waals surface area contributed by atoms with Crippen molar-refractivity contribution in [2.24, 2.45) is 0 Å². The van der Waals surface area contributed by atoms with Crippen LogP contribution in [-0.2, 0) is 0 Å². The number of halogens is 1. The highest BCUT2D eigenvalue weighted by atomic mass is 32.2. The lowest BCUT2D eigenvalue weighted by Crippen LogP contribution is -2.38. The summed E-state index contributed by atoms with van der Waals surface area (Å²) in [6.45, 7) is 3.07. The predicted octanol–water partition coefficient (Wildman–Crippen LogP) is 4.35. The van der Waals surface area contributed by atoms with E-state index in [9.17, 15) is 14.4 Å². The van der Waals surface area contributed by atoms with Crippen LogP contribution in [0, 0.1) is 12.7 Å². The van der Waals surface area contributed by atoms with E-state index < -0.39 is 16.7 Å². The number of likely N-dealkylation sites (tertiary alicyclic amines) is 1. The first-order valence-corrected chi connectivity index (χ1v) is 12.6. The molecule has 2 unspecified atom stereocenters. The van der Waals surface area contributed by atoms with Gasteiger partial charge in [-0.05, 0) is 62.6 Å². The summed E-state index contributed by atoms with van der Waals surface area (Å²) in [4.78, 5) is 39.3. The molecule has 34 heavy (non-hydrogen) atoms. The third-order valence-corrected chi connectivity index (χ3v) is 7.96. The van der Waals surface area contributed by atoms with Gasteiger partial charge >= 0.3 is 0 Å². The Bertz CT molecular complexity index is 1280. The lowest BCUT2D eigenvalue weighted by Gasteiger charge is -2.25. The van der Waals surface area contributed by atoms with Gasteiger partial charge in [-0.1, -0.05) is 6.07 Å². The molecule has 2 aliphatic rings. The van der Waals surface area contributed by atoms with E-state index in [0.717, 1.165) is 37.2 Å². The zero-order valence-electron chi connectivity index (χ0n) is 18.9. The SMILES string of the molecule is Cc1ccc(C(Nc2c(Nc3cccc(C(=O)N4CCCC4)c3F)c(=O)c2=O)C2CCCS2)o1. The molecule has 1 amide bonds. The Hall–Kier alpha value is -3.07. The smallest absolute Gasteiger partial charge is 0.256 e. The molecular formula is C25H26FN3O4S. The predicted molar refractivity (Wildman–Crippen MR) is 131 cm³/mol. The second kappa shape index (κ2) is 9.29. The summed E-state index contributed by atoms with van der Waals surface area (Å²) in [5.41, 5.74) is -1.31. The molecule has 9 heteroatoms. The first-order valence-electron chi connectivity index (χ1n) is 11.6. The Morgan fingerprint density at radius 3 is 2.56 bits per heavy atom. The highest BCUT2D eigenvalue weighted by Crippen LogP contribution is 2.39. The number of thioether (sulfide) groups is 1. The molecule has 0 radical (unpaired) electrons. The van der Waals surface area contributed by atoms with E-state index in [2.05, 4.69) is 10.6 Å². The van der Waals surface area contributed by atoms with Gasteiger partial charge in [0.1, 0.15) is 22.9 Å². The summed E-state index contributed by atoms with van der Waals surface area (Å²) in [5.74, 6) is 1.37. The Balaban J connectivity index is 1.42. The van der Waals surface area contributed by atoms with E-state index in [4.69, 9.17) is 4.42 Å². The maximum Gasteiger partial charge on any atom is 0.256 e. The molecule has 2 N–H and O–H groups in total. The van der Waals surface area contributed by atoms with Gasteiger partial charge in [0.05, 0.1) is 17.3 Å². The summed E-state index contributed by atoms with van der Waals surface area (Å²) in [6, 6.07) is 7.90. The molecular weight excluding hydrogens is 457 g/mol. The molecule has 1 aromatic heterocycles. The van der Waals surface area contributed by atoms with Crippen molar-refractivity contribution in [1.82, 2.24) is 4.90 Å². The average Bonchev–Trinajstić information content (AvgIpc) is 3.62. The summed E-state index contributed by atoms with van der Waals surface area (Å²) in [7, 11) is 0. The van der Waals surface area contributed by atoms with Crippen LogP contribution in [-0.4, -0.2) is 34.9 Å². The number of furan rings is 1. The third kappa shape index (κ3) is 4.13. The number of nitrogens with one attached hydrogen (secondary N) is 2. The first-order chi connectivity index (χ1) is 16.4. The molecule has 0 aliphatic carbocycles. The zero-order valence-corrected chi connectivity index (χ0v) is 19.7. The van der Waals surface area contributed by atoms with Gasteiger partial charge in [0.25, 0.3) is 16.8 Å². The summed E-state index contributed by atoms with van der Waals surface area (Å²) >= 11 is 1.79. The second-order valence-electron chi connectivity index (χ2n) is 8.82. The Morgan fingerprint density at radius 1 is 1.12 bits per heavy atom. The van der Waals surface area contributed by atoms with Crippen molar-refractivity contribution in [1.29, 1.82) is 0 Å². The summed E-state index contributed by atoms with van der Waals surface area (Å²) < 4.78 is 21.1. The van der Waals surface area contributed by atoms with Crippen LogP contribution in [0.3, 0.4) is 0 Å². The number of benzene rings is 1. The molecule has 7 nitrogen and oxygen atoms in total. The fourth-order valence-corrected chi connectivity index (χ4v) is 6.02. The molecule has 2 aromatic carbocycles. The van der Waals surface area contributed by atoms with Crippen molar-refractivity contribution in [3.8, 4) is 0 Å². The van der Waals surface area contributed by atoms with Crippen LogP contribution in [0.25, 0.3) is 0 Å². The number of aryl methyl sites for hydroxylation is 1. The van der Waals surface area contributed by atoms with Crippen LogP contribution < -0.4 is 21.5 Å². The molecule has 2 saturated heterocycles. The van der Waals surface area contributed by atoms with Crippen LogP contribution in [0.4, 0.5) is 21.5 Å². The minimum absolute atomic E-state index is 0.00551. The number of carbonyl (C=O) groups excluding carboxylic acids is 1. The Kier molecular flexibility index (Phi) is 6.20. The number of carbonyl (C=O) groups is 1. The Labute approximate surface area is 200 Å². The maximum absolute atomic E-state index is 15.3. The molecule has 0 saturated carbocycles.